The number of nitro benzene ring substituents is 1. The molecule has 0 unspecified atom stereocenters. The number of hydrogen-bond donors (Lipinski definition) is 1. The lowest BCUT2D eigenvalue weighted by Crippen LogP contribution is -2.41. The fraction of sp³-hybridized carbons (Fsp3) is 0.429. The Morgan fingerprint density at radius 1 is 1.43 bits per heavy atom. The number of rotatable bonds is 8. The molecular weight excluding hydrogens is 328 g/mol. The number of ether oxygens (including phenoxy) is 1. The molecule has 23 heavy (non-hydrogen) atoms. The van der Waals surface area contributed by atoms with Crippen molar-refractivity contribution in [2.75, 3.05) is 13.2 Å². The Labute approximate surface area is 137 Å². The first-order chi connectivity index (χ1) is 10.7. The van der Waals surface area contributed by atoms with E-state index >= 15 is 0 Å². The molecule has 8 nitrogen and oxygen atoms in total. The van der Waals surface area contributed by atoms with Gasteiger partial charge in [-0.15, -0.1) is 0 Å². The van der Waals surface area contributed by atoms with E-state index in [0.29, 0.717) is 0 Å². The van der Waals surface area contributed by atoms with Crippen molar-refractivity contribution in [1.82, 2.24) is 4.90 Å². The Morgan fingerprint density at radius 3 is 2.61 bits per heavy atom. The molecule has 1 rings (SSSR count). The summed E-state index contributed by atoms with van der Waals surface area (Å²) >= 11 is 5.69. The molecule has 0 aliphatic heterocycles. The van der Waals surface area contributed by atoms with E-state index < -0.39 is 23.3 Å². The van der Waals surface area contributed by atoms with E-state index in [1.807, 2.05) is 0 Å². The number of carboxylic acid groups (broad SMARTS) is 1. The van der Waals surface area contributed by atoms with Crippen LogP contribution in [0, 0.1) is 10.1 Å². The lowest BCUT2D eigenvalue weighted by molar-refractivity contribution is -0.385. The molecule has 1 amide bonds. The molecule has 126 valence electrons. The normalized spacial score (nSPS) is 10.4. The highest BCUT2D eigenvalue weighted by Crippen LogP contribution is 2.29. The van der Waals surface area contributed by atoms with Crippen molar-refractivity contribution in [3.05, 3.63) is 33.3 Å². The van der Waals surface area contributed by atoms with Crippen LogP contribution in [0.3, 0.4) is 0 Å². The lowest BCUT2D eigenvalue weighted by Gasteiger charge is -2.24. The van der Waals surface area contributed by atoms with Crippen LogP contribution >= 0.6 is 11.6 Å². The smallest absolute Gasteiger partial charge is 0.323 e. The molecule has 1 aromatic carbocycles. The van der Waals surface area contributed by atoms with Crippen LogP contribution in [0.4, 0.5) is 5.69 Å². The largest absolute Gasteiger partial charge is 0.486 e. The van der Waals surface area contributed by atoms with E-state index in [1.165, 1.54) is 17.0 Å². The molecule has 0 saturated heterocycles. The van der Waals surface area contributed by atoms with E-state index in [4.69, 9.17) is 21.4 Å². The number of aliphatic carboxylic acids is 1. The van der Waals surface area contributed by atoms with Crippen molar-refractivity contribution in [3.63, 3.8) is 0 Å². The van der Waals surface area contributed by atoms with Gasteiger partial charge in [-0.25, -0.2) is 0 Å². The standard InChI is InChI=1S/C14H17ClN2O6/c1-9(2)16(8-14(19)20)13(18)5-6-23-12-4-3-10(15)7-11(12)17(21)22/h3-4,7,9H,5-6,8H2,1-2H3,(H,19,20). The highest BCUT2D eigenvalue weighted by Gasteiger charge is 2.21. The van der Waals surface area contributed by atoms with Crippen molar-refractivity contribution in [1.29, 1.82) is 0 Å². The van der Waals surface area contributed by atoms with Crippen molar-refractivity contribution < 1.29 is 24.4 Å². The molecule has 0 saturated carbocycles. The minimum atomic E-state index is -1.11. The summed E-state index contributed by atoms with van der Waals surface area (Å²) in [5.74, 6) is -1.51. The van der Waals surface area contributed by atoms with Crippen LogP contribution < -0.4 is 4.74 Å². The topological polar surface area (TPSA) is 110 Å². The van der Waals surface area contributed by atoms with E-state index in [9.17, 15) is 19.7 Å². The van der Waals surface area contributed by atoms with Gasteiger partial charge in [0.1, 0.15) is 6.54 Å². The van der Waals surface area contributed by atoms with Crippen LogP contribution in [0.25, 0.3) is 0 Å². The Kier molecular flexibility index (Phi) is 6.77. The second-order valence-corrected chi connectivity index (χ2v) is 5.41. The van der Waals surface area contributed by atoms with Gasteiger partial charge < -0.3 is 14.7 Å². The van der Waals surface area contributed by atoms with Crippen LogP contribution in [0.5, 0.6) is 5.75 Å². The summed E-state index contributed by atoms with van der Waals surface area (Å²) in [6.07, 6.45) is -0.0920. The third-order valence-corrected chi connectivity index (χ3v) is 3.18. The third-order valence-electron chi connectivity index (χ3n) is 2.94. The van der Waals surface area contributed by atoms with Crippen molar-refractivity contribution >= 4 is 29.2 Å². The van der Waals surface area contributed by atoms with E-state index in [2.05, 4.69) is 0 Å². The maximum atomic E-state index is 12.0. The number of carbonyl (C=O) groups excluding carboxylic acids is 1. The molecular formula is C14H17ClN2O6. The van der Waals surface area contributed by atoms with Gasteiger partial charge in [-0.2, -0.15) is 0 Å². The summed E-state index contributed by atoms with van der Waals surface area (Å²) in [7, 11) is 0. The molecule has 0 heterocycles. The number of amides is 1. The van der Waals surface area contributed by atoms with E-state index in [-0.39, 0.29) is 35.5 Å². The Morgan fingerprint density at radius 2 is 2.09 bits per heavy atom. The van der Waals surface area contributed by atoms with Crippen LogP contribution in [0.2, 0.25) is 5.02 Å². The molecule has 1 aromatic rings. The average Bonchev–Trinajstić information content (AvgIpc) is 2.45. The molecule has 0 spiro atoms. The monoisotopic (exact) mass is 344 g/mol. The van der Waals surface area contributed by atoms with Crippen LogP contribution in [0.1, 0.15) is 20.3 Å². The summed E-state index contributed by atoms with van der Waals surface area (Å²) in [5.41, 5.74) is -0.295. The molecule has 9 heteroatoms. The van der Waals surface area contributed by atoms with Crippen LogP contribution in [0.15, 0.2) is 18.2 Å². The molecule has 0 fully saturated rings. The fourth-order valence-corrected chi connectivity index (χ4v) is 2.02. The summed E-state index contributed by atoms with van der Waals surface area (Å²) in [6.45, 7) is 2.89. The Hall–Kier alpha value is -2.35. The first-order valence-corrected chi connectivity index (χ1v) is 7.18. The van der Waals surface area contributed by atoms with Crippen molar-refractivity contribution in [2.24, 2.45) is 0 Å². The molecule has 0 aliphatic rings. The first kappa shape index (κ1) is 18.7. The fourth-order valence-electron chi connectivity index (χ4n) is 1.85. The van der Waals surface area contributed by atoms with E-state index in [0.717, 1.165) is 6.07 Å². The summed E-state index contributed by atoms with van der Waals surface area (Å²) < 4.78 is 5.26. The van der Waals surface area contributed by atoms with Crippen molar-refractivity contribution in [3.8, 4) is 5.75 Å². The maximum absolute atomic E-state index is 12.0. The molecule has 0 radical (unpaired) electrons. The highest BCUT2D eigenvalue weighted by molar-refractivity contribution is 6.30. The zero-order valence-electron chi connectivity index (χ0n) is 12.7. The van der Waals surface area contributed by atoms with Gasteiger partial charge in [0, 0.05) is 17.1 Å². The second kappa shape index (κ2) is 8.33. The minimum Gasteiger partial charge on any atom is -0.486 e. The molecule has 0 bridgehead atoms. The zero-order valence-corrected chi connectivity index (χ0v) is 13.4. The van der Waals surface area contributed by atoms with Gasteiger partial charge in [0.25, 0.3) is 0 Å². The second-order valence-electron chi connectivity index (χ2n) is 4.98. The van der Waals surface area contributed by atoms with Gasteiger partial charge in [-0.1, -0.05) is 11.6 Å². The zero-order chi connectivity index (χ0) is 17.6. The minimum absolute atomic E-state index is 0.00142. The van der Waals surface area contributed by atoms with Crippen molar-refractivity contribution in [2.45, 2.75) is 26.3 Å². The van der Waals surface area contributed by atoms with Gasteiger partial charge in [0.05, 0.1) is 18.0 Å². The van der Waals surface area contributed by atoms with Gasteiger partial charge in [0.2, 0.25) is 5.91 Å². The van der Waals surface area contributed by atoms with Gasteiger partial charge >= 0.3 is 11.7 Å². The predicted molar refractivity (Wildman–Crippen MR) is 82.7 cm³/mol. The molecule has 0 aliphatic carbocycles. The highest BCUT2D eigenvalue weighted by atomic mass is 35.5. The number of nitrogens with zero attached hydrogens (tertiary/aromatic N) is 2. The van der Waals surface area contributed by atoms with Gasteiger partial charge in [-0.3, -0.25) is 19.7 Å². The number of nitro groups is 1. The summed E-state index contributed by atoms with van der Waals surface area (Å²) in [6, 6.07) is 3.67. The quantitative estimate of drug-likeness (QED) is 0.572. The number of carbonyl (C=O) groups is 2. The molecule has 0 atom stereocenters. The van der Waals surface area contributed by atoms with Crippen LogP contribution in [-0.4, -0.2) is 46.0 Å². The average molecular weight is 345 g/mol. The molecule has 1 N–H and O–H groups in total. The summed E-state index contributed by atoms with van der Waals surface area (Å²) in [5, 5.41) is 19.9. The number of halogens is 1. The van der Waals surface area contributed by atoms with Gasteiger partial charge in [-0.05, 0) is 26.0 Å². The molecule has 0 aromatic heterocycles. The third kappa shape index (κ3) is 5.74. The Balaban J connectivity index is 2.67. The predicted octanol–water partition coefficient (Wildman–Crippen LogP) is 2.34. The number of hydrogen-bond acceptors (Lipinski definition) is 5. The van der Waals surface area contributed by atoms with Crippen LogP contribution in [-0.2, 0) is 9.59 Å². The Bertz CT molecular complexity index is 605. The van der Waals surface area contributed by atoms with E-state index in [1.54, 1.807) is 13.8 Å². The summed E-state index contributed by atoms with van der Waals surface area (Å²) in [4.78, 5) is 34.2. The maximum Gasteiger partial charge on any atom is 0.323 e. The SMILES string of the molecule is CC(C)N(CC(=O)O)C(=O)CCOc1ccc(Cl)cc1[N+](=O)[O-]. The number of benzene rings is 1. The lowest BCUT2D eigenvalue weighted by atomic mass is 10.2. The number of carboxylic acids is 1. The first-order valence-electron chi connectivity index (χ1n) is 6.80. The van der Waals surface area contributed by atoms with Gasteiger partial charge in [0.15, 0.2) is 5.75 Å².